The van der Waals surface area contributed by atoms with Crippen LogP contribution < -0.4 is 4.74 Å². The molecule has 1 heterocycles. The van der Waals surface area contributed by atoms with Crippen molar-refractivity contribution in [3.63, 3.8) is 0 Å². The minimum absolute atomic E-state index is 0.0314. The van der Waals surface area contributed by atoms with Gasteiger partial charge in [0, 0.05) is 0 Å². The van der Waals surface area contributed by atoms with Gasteiger partial charge in [-0.2, -0.15) is 0 Å². The minimum atomic E-state index is -1.26. The molecule has 0 aliphatic carbocycles. The molecule has 1 N–H and O–H groups in total. The fraction of sp³-hybridized carbons (Fsp3) is 0.333. The summed E-state index contributed by atoms with van der Waals surface area (Å²) in [6, 6.07) is 6.73. The molecule has 0 aliphatic heterocycles. The molecule has 21 heavy (non-hydrogen) atoms. The van der Waals surface area contributed by atoms with Crippen LogP contribution in [0, 0.1) is 0 Å². The molecule has 1 aromatic heterocycles. The summed E-state index contributed by atoms with van der Waals surface area (Å²) >= 11 is 0. The zero-order valence-corrected chi connectivity index (χ0v) is 12.0. The van der Waals surface area contributed by atoms with E-state index in [2.05, 4.69) is 0 Å². The molecule has 2 rings (SSSR count). The summed E-state index contributed by atoms with van der Waals surface area (Å²) < 4.78 is 15.6. The van der Waals surface area contributed by atoms with E-state index in [1.165, 1.54) is 0 Å². The van der Waals surface area contributed by atoms with E-state index in [4.69, 9.17) is 19.0 Å². The van der Waals surface area contributed by atoms with Gasteiger partial charge >= 0.3 is 11.9 Å². The second-order valence-corrected chi connectivity index (χ2v) is 5.44. The molecule has 6 nitrogen and oxygen atoms in total. The summed E-state index contributed by atoms with van der Waals surface area (Å²) in [5.74, 6) is -2.14. The van der Waals surface area contributed by atoms with Crippen LogP contribution in [-0.2, 0) is 9.53 Å². The van der Waals surface area contributed by atoms with Crippen LogP contribution in [0.5, 0.6) is 5.75 Å². The molecule has 0 amide bonds. The number of furan rings is 1. The molecule has 1 aromatic carbocycles. The lowest BCUT2D eigenvalue weighted by molar-refractivity contribution is -0.157. The smallest absolute Gasteiger partial charge is 0.375 e. The summed E-state index contributed by atoms with van der Waals surface area (Å²) in [6.45, 7) is 4.82. The van der Waals surface area contributed by atoms with E-state index in [0.717, 1.165) is 0 Å². The fourth-order valence-electron chi connectivity index (χ4n) is 1.81. The largest absolute Gasteiger partial charge is 0.477 e. The SMILES string of the molecule is CC(C)(C)OC(=O)COc1c(C(=O)O)oc2ccccc12. The van der Waals surface area contributed by atoms with Gasteiger partial charge in [-0.25, -0.2) is 9.59 Å². The molecule has 112 valence electrons. The average molecular weight is 292 g/mol. The van der Waals surface area contributed by atoms with Crippen LogP contribution in [0.3, 0.4) is 0 Å². The monoisotopic (exact) mass is 292 g/mol. The highest BCUT2D eigenvalue weighted by Gasteiger charge is 2.23. The zero-order chi connectivity index (χ0) is 15.6. The maximum atomic E-state index is 11.6. The van der Waals surface area contributed by atoms with Gasteiger partial charge in [0.2, 0.25) is 0 Å². The Kier molecular flexibility index (Phi) is 3.88. The van der Waals surface area contributed by atoms with Crippen LogP contribution in [0.2, 0.25) is 0 Å². The number of carbonyl (C=O) groups is 2. The number of hydrogen-bond acceptors (Lipinski definition) is 5. The number of carboxylic acid groups (broad SMARTS) is 1. The Hall–Kier alpha value is -2.50. The number of fused-ring (bicyclic) bond motifs is 1. The standard InChI is InChI=1S/C15H16O6/c1-15(2,3)21-11(16)8-19-12-9-6-4-5-7-10(9)20-13(12)14(17)18/h4-7H,8H2,1-3H3,(H,17,18). The Labute approximate surface area is 121 Å². The first-order valence-corrected chi connectivity index (χ1v) is 6.37. The summed E-state index contributed by atoms with van der Waals surface area (Å²) in [7, 11) is 0. The summed E-state index contributed by atoms with van der Waals surface area (Å²) in [6.07, 6.45) is 0. The number of para-hydroxylation sites is 1. The summed E-state index contributed by atoms with van der Waals surface area (Å²) in [4.78, 5) is 22.8. The van der Waals surface area contributed by atoms with Crippen molar-refractivity contribution in [2.75, 3.05) is 6.61 Å². The van der Waals surface area contributed by atoms with Crippen LogP contribution in [0.4, 0.5) is 0 Å². The molecule has 0 spiro atoms. The quantitative estimate of drug-likeness (QED) is 0.872. The van der Waals surface area contributed by atoms with E-state index < -0.39 is 17.5 Å². The van der Waals surface area contributed by atoms with Gasteiger partial charge in [0.15, 0.2) is 12.4 Å². The van der Waals surface area contributed by atoms with Gasteiger partial charge in [0.05, 0.1) is 5.39 Å². The van der Waals surface area contributed by atoms with Gasteiger partial charge < -0.3 is 19.0 Å². The van der Waals surface area contributed by atoms with Crippen LogP contribution in [-0.4, -0.2) is 29.3 Å². The first kappa shape index (κ1) is 14.9. The molecule has 0 saturated carbocycles. The number of aromatic carboxylic acids is 1. The Morgan fingerprint density at radius 2 is 1.90 bits per heavy atom. The van der Waals surface area contributed by atoms with Gasteiger partial charge in [0.25, 0.3) is 5.76 Å². The lowest BCUT2D eigenvalue weighted by Gasteiger charge is -2.19. The number of carboxylic acids is 1. The highest BCUT2D eigenvalue weighted by atomic mass is 16.6. The molecule has 2 aromatic rings. The maximum absolute atomic E-state index is 11.6. The van der Waals surface area contributed by atoms with Crippen molar-refractivity contribution < 1.29 is 28.6 Å². The van der Waals surface area contributed by atoms with E-state index in [1.54, 1.807) is 45.0 Å². The number of benzene rings is 1. The lowest BCUT2D eigenvalue weighted by atomic mass is 10.2. The normalized spacial score (nSPS) is 11.4. The number of esters is 1. The van der Waals surface area contributed by atoms with E-state index in [-0.39, 0.29) is 18.1 Å². The zero-order valence-electron chi connectivity index (χ0n) is 12.0. The molecule has 6 heteroatoms. The predicted octanol–water partition coefficient (Wildman–Crippen LogP) is 2.85. The molecule has 0 saturated heterocycles. The van der Waals surface area contributed by atoms with Gasteiger partial charge in [-0.05, 0) is 32.9 Å². The van der Waals surface area contributed by atoms with Crippen molar-refractivity contribution in [2.45, 2.75) is 26.4 Å². The second-order valence-electron chi connectivity index (χ2n) is 5.44. The van der Waals surface area contributed by atoms with Crippen molar-refractivity contribution in [3.05, 3.63) is 30.0 Å². The highest BCUT2D eigenvalue weighted by Crippen LogP contribution is 2.33. The van der Waals surface area contributed by atoms with E-state index >= 15 is 0 Å². The average Bonchev–Trinajstić information content (AvgIpc) is 2.73. The summed E-state index contributed by atoms with van der Waals surface area (Å²) in [5.41, 5.74) is -0.247. The molecule has 0 radical (unpaired) electrons. The molecular formula is C15H16O6. The van der Waals surface area contributed by atoms with Crippen LogP contribution >= 0.6 is 0 Å². The molecule has 0 fully saturated rings. The second kappa shape index (κ2) is 5.47. The number of rotatable bonds is 4. The molecular weight excluding hydrogens is 276 g/mol. The summed E-state index contributed by atoms with van der Waals surface area (Å²) in [5, 5.41) is 9.63. The lowest BCUT2D eigenvalue weighted by Crippen LogP contribution is -2.27. The Morgan fingerprint density at radius 1 is 1.24 bits per heavy atom. The Balaban J connectivity index is 2.23. The molecule has 0 bridgehead atoms. The van der Waals surface area contributed by atoms with Crippen molar-refractivity contribution in [1.82, 2.24) is 0 Å². The Bertz CT molecular complexity index is 677. The molecule has 0 atom stereocenters. The van der Waals surface area contributed by atoms with Crippen molar-refractivity contribution in [2.24, 2.45) is 0 Å². The van der Waals surface area contributed by atoms with Gasteiger partial charge in [-0.15, -0.1) is 0 Å². The Morgan fingerprint density at radius 3 is 2.52 bits per heavy atom. The van der Waals surface area contributed by atoms with Crippen molar-refractivity contribution in [1.29, 1.82) is 0 Å². The molecule has 0 unspecified atom stereocenters. The third-order valence-electron chi connectivity index (χ3n) is 2.50. The first-order valence-electron chi connectivity index (χ1n) is 6.37. The topological polar surface area (TPSA) is 86.0 Å². The third-order valence-corrected chi connectivity index (χ3v) is 2.50. The van der Waals surface area contributed by atoms with E-state index in [9.17, 15) is 9.59 Å². The minimum Gasteiger partial charge on any atom is -0.477 e. The van der Waals surface area contributed by atoms with Crippen molar-refractivity contribution in [3.8, 4) is 5.75 Å². The number of hydrogen-bond donors (Lipinski definition) is 1. The van der Waals surface area contributed by atoms with E-state index in [1.807, 2.05) is 0 Å². The molecule has 0 aliphatic rings. The predicted molar refractivity (Wildman–Crippen MR) is 74.5 cm³/mol. The first-order chi connectivity index (χ1) is 9.78. The highest BCUT2D eigenvalue weighted by molar-refractivity contribution is 5.98. The fourth-order valence-corrected chi connectivity index (χ4v) is 1.81. The van der Waals surface area contributed by atoms with Gasteiger partial charge in [-0.1, -0.05) is 12.1 Å². The van der Waals surface area contributed by atoms with Crippen LogP contribution in [0.15, 0.2) is 28.7 Å². The van der Waals surface area contributed by atoms with Crippen LogP contribution in [0.1, 0.15) is 31.3 Å². The maximum Gasteiger partial charge on any atom is 0.375 e. The number of ether oxygens (including phenoxy) is 2. The van der Waals surface area contributed by atoms with Gasteiger partial charge in [0.1, 0.15) is 11.2 Å². The van der Waals surface area contributed by atoms with Crippen molar-refractivity contribution >= 4 is 22.9 Å². The van der Waals surface area contributed by atoms with Gasteiger partial charge in [-0.3, -0.25) is 0 Å². The van der Waals surface area contributed by atoms with Crippen LogP contribution in [0.25, 0.3) is 11.0 Å². The number of carbonyl (C=O) groups excluding carboxylic acids is 1. The third kappa shape index (κ3) is 3.53. The van der Waals surface area contributed by atoms with E-state index in [0.29, 0.717) is 11.0 Å².